The summed E-state index contributed by atoms with van der Waals surface area (Å²) < 4.78 is 13.2. The molecule has 1 aromatic carbocycles. The molecule has 0 aliphatic rings. The molecule has 1 N–H and O–H groups in total. The van der Waals surface area contributed by atoms with Crippen molar-refractivity contribution in [3.8, 4) is 0 Å². The van der Waals surface area contributed by atoms with E-state index < -0.39 is 10.7 Å². The molecule has 2 rings (SSSR count). The second-order valence-corrected chi connectivity index (χ2v) is 5.36. The van der Waals surface area contributed by atoms with Crippen LogP contribution in [0.1, 0.15) is 22.9 Å². The van der Waals surface area contributed by atoms with Crippen molar-refractivity contribution in [1.29, 1.82) is 0 Å². The van der Waals surface area contributed by atoms with E-state index in [4.69, 9.17) is 0 Å². The van der Waals surface area contributed by atoms with E-state index in [0.717, 1.165) is 12.5 Å². The van der Waals surface area contributed by atoms with Crippen LogP contribution in [0, 0.1) is 15.9 Å². The van der Waals surface area contributed by atoms with Crippen LogP contribution >= 0.6 is 11.3 Å². The van der Waals surface area contributed by atoms with E-state index in [9.17, 15) is 14.5 Å². The minimum atomic E-state index is -0.487. The summed E-state index contributed by atoms with van der Waals surface area (Å²) in [6.45, 7) is 2.99. The molecule has 106 valence electrons. The minimum Gasteiger partial charge on any atom is -0.308 e. The van der Waals surface area contributed by atoms with Crippen molar-refractivity contribution < 1.29 is 9.31 Å². The van der Waals surface area contributed by atoms with Gasteiger partial charge in [-0.05, 0) is 35.6 Å². The van der Waals surface area contributed by atoms with Crippen LogP contribution in [0.2, 0.25) is 0 Å². The quantitative estimate of drug-likeness (QED) is 0.653. The number of hydrogen-bond donors (Lipinski definition) is 1. The highest BCUT2D eigenvalue weighted by Crippen LogP contribution is 2.20. The lowest BCUT2D eigenvalue weighted by Gasteiger charge is -2.06. The molecule has 0 spiro atoms. The number of nitro groups is 1. The lowest BCUT2D eigenvalue weighted by Crippen LogP contribution is -2.14. The molecule has 6 heteroatoms. The minimum absolute atomic E-state index is 0.0548. The Labute approximate surface area is 120 Å². The van der Waals surface area contributed by atoms with E-state index in [0.29, 0.717) is 12.1 Å². The topological polar surface area (TPSA) is 55.2 Å². The fourth-order valence-corrected chi connectivity index (χ4v) is 2.97. The van der Waals surface area contributed by atoms with E-state index in [2.05, 4.69) is 18.3 Å². The van der Waals surface area contributed by atoms with E-state index in [1.165, 1.54) is 22.6 Å². The number of thiophene rings is 1. The second-order valence-electron chi connectivity index (χ2n) is 4.36. The zero-order valence-corrected chi connectivity index (χ0v) is 11.9. The van der Waals surface area contributed by atoms with Gasteiger partial charge in [-0.2, -0.15) is 0 Å². The van der Waals surface area contributed by atoms with Gasteiger partial charge in [0.25, 0.3) is 5.69 Å². The summed E-state index contributed by atoms with van der Waals surface area (Å²) in [5.41, 5.74) is 1.58. The fraction of sp³-hybridized carbons (Fsp3) is 0.286. The number of hydrogen-bond acceptors (Lipinski definition) is 4. The maximum atomic E-state index is 13.2. The van der Waals surface area contributed by atoms with Crippen LogP contribution in [-0.2, 0) is 19.5 Å². The molecule has 0 unspecified atom stereocenters. The van der Waals surface area contributed by atoms with Crippen molar-refractivity contribution in [2.24, 2.45) is 0 Å². The van der Waals surface area contributed by atoms with Gasteiger partial charge in [0.15, 0.2) is 0 Å². The first-order chi connectivity index (χ1) is 9.61. The maximum Gasteiger partial charge on any atom is 0.274 e. The summed E-state index contributed by atoms with van der Waals surface area (Å²) in [5, 5.41) is 16.1. The number of benzene rings is 1. The molecule has 0 saturated heterocycles. The molecule has 0 fully saturated rings. The van der Waals surface area contributed by atoms with E-state index in [1.54, 1.807) is 11.3 Å². The first-order valence-corrected chi connectivity index (χ1v) is 7.18. The fourth-order valence-electron chi connectivity index (χ4n) is 2.02. The monoisotopic (exact) mass is 294 g/mol. The van der Waals surface area contributed by atoms with Crippen molar-refractivity contribution >= 4 is 17.0 Å². The van der Waals surface area contributed by atoms with Gasteiger partial charge in [-0.25, -0.2) is 4.39 Å². The molecule has 0 amide bonds. The van der Waals surface area contributed by atoms with Gasteiger partial charge in [0.2, 0.25) is 0 Å². The highest BCUT2D eigenvalue weighted by atomic mass is 32.1. The number of nitrogens with zero attached hydrogens (tertiary/aromatic N) is 1. The van der Waals surface area contributed by atoms with Gasteiger partial charge in [-0.15, -0.1) is 11.3 Å². The predicted octanol–water partition coefficient (Wildman–Crippen LogP) is 3.65. The van der Waals surface area contributed by atoms with Gasteiger partial charge >= 0.3 is 0 Å². The third-order valence-electron chi connectivity index (χ3n) is 3.06. The van der Waals surface area contributed by atoms with Crippen LogP contribution in [-0.4, -0.2) is 4.92 Å². The molecule has 0 aliphatic carbocycles. The normalized spacial score (nSPS) is 10.7. The van der Waals surface area contributed by atoms with Crippen LogP contribution in [0.15, 0.2) is 29.6 Å². The van der Waals surface area contributed by atoms with Crippen molar-refractivity contribution in [2.75, 3.05) is 0 Å². The molecule has 1 heterocycles. The average Bonchev–Trinajstić information content (AvgIpc) is 2.86. The van der Waals surface area contributed by atoms with Gasteiger partial charge in [-0.1, -0.05) is 6.92 Å². The molecule has 4 nitrogen and oxygen atoms in total. The maximum absolute atomic E-state index is 13.2. The third kappa shape index (κ3) is 3.40. The summed E-state index contributed by atoms with van der Waals surface area (Å²) in [4.78, 5) is 11.6. The van der Waals surface area contributed by atoms with Crippen LogP contribution < -0.4 is 5.32 Å². The lowest BCUT2D eigenvalue weighted by molar-refractivity contribution is -0.385. The number of halogens is 1. The molecule has 0 aliphatic heterocycles. The Kier molecular flexibility index (Phi) is 4.81. The Hall–Kier alpha value is -1.79. The Balaban J connectivity index is 2.04. The molecule has 2 aromatic rings. The van der Waals surface area contributed by atoms with Crippen LogP contribution in [0.25, 0.3) is 0 Å². The van der Waals surface area contributed by atoms with Crippen molar-refractivity contribution in [2.45, 2.75) is 26.4 Å². The highest BCUT2D eigenvalue weighted by molar-refractivity contribution is 7.10. The summed E-state index contributed by atoms with van der Waals surface area (Å²) in [6, 6.07) is 5.59. The molecule has 1 aromatic heterocycles. The van der Waals surface area contributed by atoms with Crippen LogP contribution in [0.4, 0.5) is 10.1 Å². The Morgan fingerprint density at radius 1 is 1.30 bits per heavy atom. The zero-order chi connectivity index (χ0) is 14.5. The lowest BCUT2D eigenvalue weighted by atomic mass is 10.1. The molecule has 0 bridgehead atoms. The van der Waals surface area contributed by atoms with Gasteiger partial charge in [0.1, 0.15) is 5.82 Å². The molecule has 0 saturated carbocycles. The number of nitrogens with one attached hydrogen (secondary N) is 1. The van der Waals surface area contributed by atoms with E-state index in [-0.39, 0.29) is 12.2 Å². The Morgan fingerprint density at radius 2 is 2.10 bits per heavy atom. The van der Waals surface area contributed by atoms with Crippen molar-refractivity contribution in [3.05, 3.63) is 61.6 Å². The predicted molar refractivity (Wildman–Crippen MR) is 77.3 cm³/mol. The van der Waals surface area contributed by atoms with Gasteiger partial charge in [-0.3, -0.25) is 10.1 Å². The SMILES string of the molecule is CCc1ccsc1CNCc1cc(F)ccc1[N+](=O)[O-]. The summed E-state index contributed by atoms with van der Waals surface area (Å²) in [5.74, 6) is -0.460. The molecule has 20 heavy (non-hydrogen) atoms. The molecular weight excluding hydrogens is 279 g/mol. The van der Waals surface area contributed by atoms with Crippen LogP contribution in [0.3, 0.4) is 0 Å². The zero-order valence-electron chi connectivity index (χ0n) is 11.1. The van der Waals surface area contributed by atoms with Crippen LogP contribution in [0.5, 0.6) is 0 Å². The molecule has 0 radical (unpaired) electrons. The second kappa shape index (κ2) is 6.58. The van der Waals surface area contributed by atoms with Gasteiger partial charge in [0, 0.05) is 29.6 Å². The smallest absolute Gasteiger partial charge is 0.274 e. The number of rotatable bonds is 6. The number of nitro benzene ring substituents is 1. The number of aryl methyl sites for hydroxylation is 1. The Bertz CT molecular complexity index is 613. The third-order valence-corrected chi connectivity index (χ3v) is 4.02. The molecular formula is C14H15FN2O2S. The summed E-state index contributed by atoms with van der Waals surface area (Å²) in [7, 11) is 0. The first-order valence-electron chi connectivity index (χ1n) is 6.30. The van der Waals surface area contributed by atoms with Gasteiger partial charge < -0.3 is 5.32 Å². The first kappa shape index (κ1) is 14.6. The summed E-state index contributed by atoms with van der Waals surface area (Å²) in [6.07, 6.45) is 0.959. The van der Waals surface area contributed by atoms with E-state index >= 15 is 0 Å². The van der Waals surface area contributed by atoms with Crippen molar-refractivity contribution in [1.82, 2.24) is 5.32 Å². The average molecular weight is 294 g/mol. The largest absolute Gasteiger partial charge is 0.308 e. The van der Waals surface area contributed by atoms with Crippen molar-refractivity contribution in [3.63, 3.8) is 0 Å². The standard InChI is InChI=1S/C14H15FN2O2S/c1-2-10-5-6-20-14(10)9-16-8-11-7-12(15)3-4-13(11)17(18)19/h3-7,16H,2,8-9H2,1H3. The summed E-state index contributed by atoms with van der Waals surface area (Å²) >= 11 is 1.65. The Morgan fingerprint density at radius 3 is 2.80 bits per heavy atom. The van der Waals surface area contributed by atoms with Gasteiger partial charge in [0.05, 0.1) is 4.92 Å². The molecule has 0 atom stereocenters. The van der Waals surface area contributed by atoms with E-state index in [1.807, 2.05) is 5.38 Å². The highest BCUT2D eigenvalue weighted by Gasteiger charge is 2.14.